The largest absolute Gasteiger partial charge is 0.480 e. The third kappa shape index (κ3) is 3.37. The molecule has 1 aromatic carbocycles. The topological polar surface area (TPSA) is 65.3 Å². The van der Waals surface area contributed by atoms with Crippen LogP contribution in [0.5, 0.6) is 5.75 Å². The van der Waals surface area contributed by atoms with E-state index in [9.17, 15) is 10.1 Å². The summed E-state index contributed by atoms with van der Waals surface area (Å²) in [5.41, 5.74) is 2.23. The predicted octanol–water partition coefficient (Wildman–Crippen LogP) is 4.00. The molecule has 1 aromatic heterocycles. The number of nitro benzene ring substituents is 1. The van der Waals surface area contributed by atoms with Crippen molar-refractivity contribution in [1.29, 1.82) is 0 Å². The molecule has 0 radical (unpaired) electrons. The lowest BCUT2D eigenvalue weighted by atomic mass is 9.98. The summed E-state index contributed by atoms with van der Waals surface area (Å²) in [6.07, 6.45) is 1.67. The van der Waals surface area contributed by atoms with Crippen LogP contribution < -0.4 is 4.74 Å². The Hall–Kier alpha value is -2.43. The minimum Gasteiger partial charge on any atom is -0.480 e. The van der Waals surface area contributed by atoms with Crippen LogP contribution in [-0.2, 0) is 6.61 Å². The molecule has 5 nitrogen and oxygen atoms in total. The summed E-state index contributed by atoms with van der Waals surface area (Å²) in [7, 11) is 0. The summed E-state index contributed by atoms with van der Waals surface area (Å²) in [5.74, 6) is 0.389. The lowest BCUT2D eigenvalue weighted by Gasteiger charge is -2.13. The molecule has 0 bridgehead atoms. The number of rotatable bonds is 5. The van der Waals surface area contributed by atoms with Gasteiger partial charge in [0.2, 0.25) is 5.75 Å². The Kier molecular flexibility index (Phi) is 4.52. The van der Waals surface area contributed by atoms with Crippen molar-refractivity contribution in [1.82, 2.24) is 4.98 Å². The first-order valence-electron chi connectivity index (χ1n) is 6.81. The van der Waals surface area contributed by atoms with Crippen molar-refractivity contribution in [3.63, 3.8) is 0 Å². The fraction of sp³-hybridized carbons (Fsp3) is 0.312. The summed E-state index contributed by atoms with van der Waals surface area (Å²) in [5, 5.41) is 11.4. The van der Waals surface area contributed by atoms with Crippen molar-refractivity contribution >= 4 is 5.69 Å². The van der Waals surface area contributed by atoms with Gasteiger partial charge in [-0.25, -0.2) is 0 Å². The van der Waals surface area contributed by atoms with Gasteiger partial charge in [0.05, 0.1) is 10.6 Å². The Morgan fingerprint density at radius 1 is 1.29 bits per heavy atom. The van der Waals surface area contributed by atoms with E-state index in [1.54, 1.807) is 12.3 Å². The highest BCUT2D eigenvalue weighted by Crippen LogP contribution is 2.38. The quantitative estimate of drug-likeness (QED) is 0.615. The SMILES string of the molecule is Cc1ccc(C(C)C)c([N+](=O)[O-])c1OCc1ccccn1. The molecule has 0 fully saturated rings. The molecule has 0 N–H and O–H groups in total. The van der Waals surface area contributed by atoms with Crippen molar-refractivity contribution in [2.24, 2.45) is 0 Å². The van der Waals surface area contributed by atoms with Gasteiger partial charge in [0.15, 0.2) is 0 Å². The molecule has 0 atom stereocenters. The molecule has 2 rings (SSSR count). The fourth-order valence-electron chi connectivity index (χ4n) is 2.15. The van der Waals surface area contributed by atoms with Crippen molar-refractivity contribution in [3.8, 4) is 5.75 Å². The van der Waals surface area contributed by atoms with Crippen molar-refractivity contribution in [3.05, 3.63) is 63.5 Å². The Labute approximate surface area is 123 Å². The fourth-order valence-corrected chi connectivity index (χ4v) is 2.15. The van der Waals surface area contributed by atoms with Crippen LogP contribution in [-0.4, -0.2) is 9.91 Å². The van der Waals surface area contributed by atoms with E-state index in [-0.39, 0.29) is 23.1 Å². The van der Waals surface area contributed by atoms with Crippen molar-refractivity contribution < 1.29 is 9.66 Å². The van der Waals surface area contributed by atoms with Crippen LogP contribution in [0.3, 0.4) is 0 Å². The highest BCUT2D eigenvalue weighted by atomic mass is 16.6. The normalized spacial score (nSPS) is 10.7. The van der Waals surface area contributed by atoms with Crippen molar-refractivity contribution in [2.45, 2.75) is 33.3 Å². The van der Waals surface area contributed by atoms with E-state index in [0.717, 1.165) is 11.3 Å². The molecule has 0 spiro atoms. The molecule has 2 aromatic rings. The first kappa shape index (κ1) is 15.0. The summed E-state index contributed by atoms with van der Waals surface area (Å²) in [4.78, 5) is 15.2. The zero-order valence-corrected chi connectivity index (χ0v) is 12.4. The Morgan fingerprint density at radius 3 is 2.62 bits per heavy atom. The van der Waals surface area contributed by atoms with Gasteiger partial charge in [-0.2, -0.15) is 0 Å². The summed E-state index contributed by atoms with van der Waals surface area (Å²) >= 11 is 0. The zero-order chi connectivity index (χ0) is 15.4. The van der Waals surface area contributed by atoms with E-state index in [0.29, 0.717) is 11.3 Å². The second-order valence-corrected chi connectivity index (χ2v) is 5.17. The van der Waals surface area contributed by atoms with E-state index in [4.69, 9.17) is 4.74 Å². The van der Waals surface area contributed by atoms with E-state index in [1.807, 2.05) is 45.0 Å². The lowest BCUT2D eigenvalue weighted by molar-refractivity contribution is -0.386. The number of ether oxygens (including phenoxy) is 1. The Balaban J connectivity index is 2.37. The van der Waals surface area contributed by atoms with Gasteiger partial charge in [0.25, 0.3) is 0 Å². The van der Waals surface area contributed by atoms with Gasteiger partial charge >= 0.3 is 5.69 Å². The molecule has 5 heteroatoms. The lowest BCUT2D eigenvalue weighted by Crippen LogP contribution is -2.05. The number of aryl methyl sites for hydroxylation is 1. The highest BCUT2D eigenvalue weighted by Gasteiger charge is 2.25. The molecule has 0 saturated carbocycles. The van der Waals surface area contributed by atoms with Gasteiger partial charge in [-0.1, -0.05) is 32.0 Å². The molecule has 0 aliphatic heterocycles. The average molecular weight is 286 g/mol. The van der Waals surface area contributed by atoms with Gasteiger partial charge in [-0.15, -0.1) is 0 Å². The molecule has 0 saturated heterocycles. The molecular formula is C16H18N2O3. The summed E-state index contributed by atoms with van der Waals surface area (Å²) in [6.45, 7) is 5.88. The maximum atomic E-state index is 11.4. The van der Waals surface area contributed by atoms with E-state index >= 15 is 0 Å². The summed E-state index contributed by atoms with van der Waals surface area (Å²) < 4.78 is 5.70. The smallest absolute Gasteiger partial charge is 0.314 e. The average Bonchev–Trinajstić information content (AvgIpc) is 2.46. The van der Waals surface area contributed by atoms with Gasteiger partial charge in [-0.3, -0.25) is 15.1 Å². The van der Waals surface area contributed by atoms with Crippen LogP contribution in [0.1, 0.15) is 36.6 Å². The number of hydrogen-bond donors (Lipinski definition) is 0. The van der Waals surface area contributed by atoms with E-state index < -0.39 is 0 Å². The maximum Gasteiger partial charge on any atom is 0.314 e. The first-order valence-corrected chi connectivity index (χ1v) is 6.81. The molecule has 1 heterocycles. The van der Waals surface area contributed by atoms with Crippen LogP contribution in [0.15, 0.2) is 36.5 Å². The number of nitrogens with zero attached hydrogens (tertiary/aromatic N) is 2. The second kappa shape index (κ2) is 6.35. The van der Waals surface area contributed by atoms with Crippen LogP contribution in [0, 0.1) is 17.0 Å². The monoisotopic (exact) mass is 286 g/mol. The van der Waals surface area contributed by atoms with Crippen LogP contribution in [0.4, 0.5) is 5.69 Å². The standard InChI is InChI=1S/C16H18N2O3/c1-11(2)14-8-7-12(3)16(15(14)18(19)20)21-10-13-6-4-5-9-17-13/h4-9,11H,10H2,1-3H3. The van der Waals surface area contributed by atoms with Gasteiger partial charge < -0.3 is 4.74 Å². The van der Waals surface area contributed by atoms with E-state index in [2.05, 4.69) is 4.98 Å². The first-order chi connectivity index (χ1) is 10.0. The van der Waals surface area contributed by atoms with Crippen molar-refractivity contribution in [2.75, 3.05) is 0 Å². The highest BCUT2D eigenvalue weighted by molar-refractivity contribution is 5.58. The van der Waals surface area contributed by atoms with Crippen LogP contribution in [0.2, 0.25) is 0 Å². The third-order valence-electron chi connectivity index (χ3n) is 3.25. The number of benzene rings is 1. The molecular weight excluding hydrogens is 268 g/mol. The molecule has 21 heavy (non-hydrogen) atoms. The number of pyridine rings is 1. The van der Waals surface area contributed by atoms with Crippen LogP contribution >= 0.6 is 0 Å². The van der Waals surface area contributed by atoms with Gasteiger partial charge in [0.1, 0.15) is 6.61 Å². The van der Waals surface area contributed by atoms with Gasteiger partial charge in [0, 0.05) is 11.8 Å². The molecule has 0 aliphatic rings. The molecule has 0 aliphatic carbocycles. The molecule has 0 unspecified atom stereocenters. The summed E-state index contributed by atoms with van der Waals surface area (Å²) in [6, 6.07) is 9.16. The minimum atomic E-state index is -0.365. The number of hydrogen-bond acceptors (Lipinski definition) is 4. The maximum absolute atomic E-state index is 11.4. The Morgan fingerprint density at radius 2 is 2.05 bits per heavy atom. The predicted molar refractivity (Wildman–Crippen MR) is 80.5 cm³/mol. The zero-order valence-electron chi connectivity index (χ0n) is 12.4. The number of nitro groups is 1. The number of aromatic nitrogens is 1. The molecule has 0 amide bonds. The van der Waals surface area contributed by atoms with Gasteiger partial charge in [-0.05, 0) is 30.5 Å². The van der Waals surface area contributed by atoms with E-state index in [1.165, 1.54) is 0 Å². The second-order valence-electron chi connectivity index (χ2n) is 5.17. The third-order valence-corrected chi connectivity index (χ3v) is 3.25. The minimum absolute atomic E-state index is 0.0564. The van der Waals surface area contributed by atoms with Crippen LogP contribution in [0.25, 0.3) is 0 Å². The Bertz CT molecular complexity index is 639. The molecule has 110 valence electrons.